The van der Waals surface area contributed by atoms with Gasteiger partial charge in [0.2, 0.25) is 0 Å². The average molecular weight is 594 g/mol. The van der Waals surface area contributed by atoms with Gasteiger partial charge in [0.1, 0.15) is 11.6 Å². The van der Waals surface area contributed by atoms with Crippen LogP contribution in [0.3, 0.4) is 0 Å². The Bertz CT molecular complexity index is 1500. The van der Waals surface area contributed by atoms with Gasteiger partial charge in [0.05, 0.1) is 12.2 Å². The average Bonchev–Trinajstić information content (AvgIpc) is 3.63. The first kappa shape index (κ1) is 28.8. The number of nitrogens with zero attached hydrogens (tertiary/aromatic N) is 3. The smallest absolute Gasteiger partial charge is 0.253 e. The molecule has 3 aromatic rings. The Morgan fingerprint density at radius 2 is 1.68 bits per heavy atom. The summed E-state index contributed by atoms with van der Waals surface area (Å²) in [5.41, 5.74) is 5.91. The molecule has 0 radical (unpaired) electrons. The summed E-state index contributed by atoms with van der Waals surface area (Å²) in [6, 6.07) is 17.3. The number of carbonyl (C=O) groups is 2. The molecule has 2 N–H and O–H groups in total. The van der Waals surface area contributed by atoms with Gasteiger partial charge in [-0.2, -0.15) is 0 Å². The van der Waals surface area contributed by atoms with Gasteiger partial charge in [-0.05, 0) is 106 Å². The number of benzene rings is 2. The summed E-state index contributed by atoms with van der Waals surface area (Å²) in [5.74, 6) is 2.30. The van der Waals surface area contributed by atoms with Gasteiger partial charge in [-0.25, -0.2) is 4.98 Å². The van der Waals surface area contributed by atoms with Crippen LogP contribution in [0.25, 0.3) is 0 Å². The number of ether oxygens (including phenoxy) is 1. The van der Waals surface area contributed by atoms with Crippen LogP contribution in [0.5, 0.6) is 5.75 Å². The summed E-state index contributed by atoms with van der Waals surface area (Å²) in [6.45, 7) is 5.47. The predicted molar refractivity (Wildman–Crippen MR) is 171 cm³/mol. The molecule has 8 heteroatoms. The number of likely N-dealkylation sites (tertiary alicyclic amines) is 1. The maximum atomic E-state index is 13.2. The molecular formula is C36H43N5O3. The van der Waals surface area contributed by atoms with Gasteiger partial charge in [-0.15, -0.1) is 0 Å². The van der Waals surface area contributed by atoms with Crippen molar-refractivity contribution in [2.75, 3.05) is 31.6 Å². The van der Waals surface area contributed by atoms with Crippen LogP contribution in [0.2, 0.25) is 0 Å². The van der Waals surface area contributed by atoms with Crippen LogP contribution in [0.1, 0.15) is 87.4 Å². The number of rotatable bonds is 7. The number of anilines is 1. The zero-order valence-electron chi connectivity index (χ0n) is 25.9. The Morgan fingerprint density at radius 3 is 2.39 bits per heavy atom. The lowest BCUT2D eigenvalue weighted by Crippen LogP contribution is -2.50. The first-order chi connectivity index (χ1) is 21.4. The molecule has 1 unspecified atom stereocenters. The highest BCUT2D eigenvalue weighted by molar-refractivity contribution is 5.97. The van der Waals surface area contributed by atoms with Crippen molar-refractivity contribution in [2.24, 2.45) is 0 Å². The van der Waals surface area contributed by atoms with Crippen molar-refractivity contribution < 1.29 is 14.3 Å². The third-order valence-electron chi connectivity index (χ3n) is 10.3. The topological polar surface area (TPSA) is 86.8 Å². The standard InChI is InChI=1S/C36H43N5O3/c1-23-32(11-7-27-15-18-44-34(23)27)36(43)39-29-19-30-9-10-31(20-29)41(30)33-12-8-28(22-37-33)35(42)38-21-24-3-5-25(6-4-24)26-13-16-40(2)17-14-26/h3-8,11-12,22,26,29-31H,9-10,13-21H2,1-2H3,(H,38,42)(H,39,43)/t29?,30-,31+. The number of carbonyl (C=O) groups excluding carboxylic acids is 2. The molecule has 0 aliphatic carbocycles. The number of aromatic nitrogens is 1. The highest BCUT2D eigenvalue weighted by Crippen LogP contribution is 2.39. The van der Waals surface area contributed by atoms with Crippen molar-refractivity contribution in [1.29, 1.82) is 0 Å². The van der Waals surface area contributed by atoms with E-state index in [-0.39, 0.29) is 17.9 Å². The molecule has 0 saturated carbocycles. The highest BCUT2D eigenvalue weighted by atomic mass is 16.5. The zero-order valence-corrected chi connectivity index (χ0v) is 25.9. The Balaban J connectivity index is 0.922. The molecule has 8 nitrogen and oxygen atoms in total. The van der Waals surface area contributed by atoms with E-state index in [1.165, 1.54) is 24.0 Å². The van der Waals surface area contributed by atoms with Crippen molar-refractivity contribution >= 4 is 17.6 Å². The van der Waals surface area contributed by atoms with E-state index in [1.54, 1.807) is 6.20 Å². The third-order valence-corrected chi connectivity index (χ3v) is 10.3. The lowest BCUT2D eigenvalue weighted by molar-refractivity contribution is 0.0923. The number of piperidine rings is 2. The molecule has 5 heterocycles. The molecule has 7 rings (SSSR count). The van der Waals surface area contributed by atoms with Gasteiger partial charge in [-0.3, -0.25) is 9.59 Å². The summed E-state index contributed by atoms with van der Waals surface area (Å²) in [4.78, 5) is 35.7. The second-order valence-electron chi connectivity index (χ2n) is 13.2. The quantitative estimate of drug-likeness (QED) is 0.401. The maximum Gasteiger partial charge on any atom is 0.253 e. The zero-order chi connectivity index (χ0) is 30.2. The minimum absolute atomic E-state index is 0.0136. The van der Waals surface area contributed by atoms with E-state index >= 15 is 0 Å². The first-order valence-electron chi connectivity index (χ1n) is 16.3. The molecule has 3 saturated heterocycles. The summed E-state index contributed by atoms with van der Waals surface area (Å²) < 4.78 is 5.78. The Labute approximate surface area is 260 Å². The van der Waals surface area contributed by atoms with Crippen LogP contribution in [0.15, 0.2) is 54.7 Å². The number of fused-ring (bicyclic) bond motifs is 3. The monoisotopic (exact) mass is 593 g/mol. The second-order valence-corrected chi connectivity index (χ2v) is 13.2. The largest absolute Gasteiger partial charge is 0.493 e. The molecule has 4 aliphatic heterocycles. The fraction of sp³-hybridized carbons (Fsp3) is 0.472. The van der Waals surface area contributed by atoms with Gasteiger partial charge in [0.15, 0.2) is 0 Å². The molecule has 3 fully saturated rings. The molecule has 230 valence electrons. The highest BCUT2D eigenvalue weighted by Gasteiger charge is 2.42. The van der Waals surface area contributed by atoms with Gasteiger partial charge in [0, 0.05) is 48.4 Å². The minimum Gasteiger partial charge on any atom is -0.493 e. The predicted octanol–water partition coefficient (Wildman–Crippen LogP) is 4.99. The number of hydrogen-bond acceptors (Lipinski definition) is 6. The lowest BCUT2D eigenvalue weighted by atomic mass is 9.89. The van der Waals surface area contributed by atoms with Crippen LogP contribution >= 0.6 is 0 Å². The van der Waals surface area contributed by atoms with Crippen LogP contribution in [0.4, 0.5) is 5.82 Å². The van der Waals surface area contributed by atoms with E-state index in [4.69, 9.17) is 9.72 Å². The minimum atomic E-state index is -0.111. The molecule has 4 aliphatic rings. The van der Waals surface area contributed by atoms with Crippen LogP contribution in [0, 0.1) is 6.92 Å². The van der Waals surface area contributed by atoms with Gasteiger partial charge >= 0.3 is 0 Å². The van der Waals surface area contributed by atoms with Crippen molar-refractivity contribution in [2.45, 2.75) is 82.5 Å². The van der Waals surface area contributed by atoms with Crippen LogP contribution < -0.4 is 20.3 Å². The van der Waals surface area contributed by atoms with E-state index in [1.807, 2.05) is 31.2 Å². The number of hydrogen-bond donors (Lipinski definition) is 2. The lowest BCUT2D eigenvalue weighted by Gasteiger charge is -2.40. The summed E-state index contributed by atoms with van der Waals surface area (Å²) in [5, 5.41) is 6.37. The Hall–Kier alpha value is -3.91. The molecular weight excluding hydrogens is 550 g/mol. The summed E-state index contributed by atoms with van der Waals surface area (Å²) in [6.07, 6.45) is 8.97. The van der Waals surface area contributed by atoms with E-state index in [9.17, 15) is 9.59 Å². The fourth-order valence-electron chi connectivity index (χ4n) is 7.79. The molecule has 44 heavy (non-hydrogen) atoms. The van der Waals surface area contributed by atoms with Crippen molar-refractivity contribution in [3.05, 3.63) is 88.1 Å². The van der Waals surface area contributed by atoms with Crippen LogP contribution in [-0.4, -0.2) is 66.6 Å². The third kappa shape index (κ3) is 5.80. The molecule has 3 atom stereocenters. The second kappa shape index (κ2) is 12.2. The summed E-state index contributed by atoms with van der Waals surface area (Å²) >= 11 is 0. The van der Waals surface area contributed by atoms with Gasteiger partial charge in [0.25, 0.3) is 11.8 Å². The Morgan fingerprint density at radius 1 is 0.932 bits per heavy atom. The normalized spacial score (nSPS) is 23.2. The summed E-state index contributed by atoms with van der Waals surface area (Å²) in [7, 11) is 2.19. The SMILES string of the molecule is Cc1c(C(=O)NC2C[C@H]3CC[C@@H](C2)N3c2ccc(C(=O)NCc3ccc(C4CCN(C)CC4)cc3)cn2)ccc2c1OCC2. The molecule has 1 aromatic heterocycles. The van der Waals surface area contributed by atoms with Crippen molar-refractivity contribution in [3.63, 3.8) is 0 Å². The molecule has 2 amide bonds. The van der Waals surface area contributed by atoms with E-state index < -0.39 is 0 Å². The molecule has 0 spiro atoms. The fourth-order valence-corrected chi connectivity index (χ4v) is 7.79. The maximum absolute atomic E-state index is 13.2. The molecule has 2 aromatic carbocycles. The van der Waals surface area contributed by atoms with Gasteiger partial charge < -0.3 is 25.2 Å². The first-order valence-corrected chi connectivity index (χ1v) is 16.3. The van der Waals surface area contributed by atoms with Gasteiger partial charge in [-0.1, -0.05) is 30.3 Å². The Kier molecular flexibility index (Phi) is 8.02. The molecule has 2 bridgehead atoms. The van der Waals surface area contributed by atoms with E-state index in [2.05, 4.69) is 51.7 Å². The van der Waals surface area contributed by atoms with E-state index in [0.717, 1.165) is 67.9 Å². The van der Waals surface area contributed by atoms with E-state index in [0.29, 0.717) is 42.3 Å². The van der Waals surface area contributed by atoms with Crippen LogP contribution in [-0.2, 0) is 13.0 Å². The van der Waals surface area contributed by atoms with Crippen molar-refractivity contribution in [1.82, 2.24) is 20.5 Å². The van der Waals surface area contributed by atoms with Crippen molar-refractivity contribution in [3.8, 4) is 5.75 Å². The number of nitrogens with one attached hydrogen (secondary N) is 2. The number of pyridine rings is 1. The number of amides is 2.